The molecule has 0 saturated carbocycles. The molecule has 2 N–H and O–H groups in total. The zero-order chi connectivity index (χ0) is 19.4. The topological polar surface area (TPSA) is 80.6 Å². The predicted octanol–water partition coefficient (Wildman–Crippen LogP) is 3.92. The summed E-state index contributed by atoms with van der Waals surface area (Å²) in [5, 5.41) is 6.27. The molecular weight excluding hydrogens is 344 g/mol. The molecule has 1 aromatic heterocycles. The summed E-state index contributed by atoms with van der Waals surface area (Å²) in [6.07, 6.45) is 1.59. The van der Waals surface area contributed by atoms with Crippen molar-refractivity contribution >= 4 is 28.5 Å². The molecule has 0 spiro atoms. The van der Waals surface area contributed by atoms with Crippen molar-refractivity contribution in [1.29, 1.82) is 0 Å². The Morgan fingerprint density at radius 1 is 1.19 bits per heavy atom. The summed E-state index contributed by atoms with van der Waals surface area (Å²) in [6, 6.07) is 12.1. The lowest BCUT2D eigenvalue weighted by Crippen LogP contribution is -2.25. The van der Waals surface area contributed by atoms with Crippen molar-refractivity contribution < 1.29 is 18.7 Å². The number of hydrogen-bond donors (Lipinski definition) is 2. The van der Waals surface area contributed by atoms with Crippen molar-refractivity contribution in [2.24, 2.45) is 0 Å². The summed E-state index contributed by atoms with van der Waals surface area (Å²) in [7, 11) is 1.58. The van der Waals surface area contributed by atoms with Gasteiger partial charge in [0.05, 0.1) is 18.4 Å². The molecule has 0 atom stereocenters. The number of aryl methyl sites for hydroxylation is 1. The second kappa shape index (κ2) is 7.78. The monoisotopic (exact) mass is 364 g/mol. The zero-order valence-corrected chi connectivity index (χ0v) is 15.2. The standard InChI is InChI=1S/C21H20N2O4/c1-4-11-22-20(24)15-7-5-6-8-17(15)23-21(25)19-13(2)16-12-14(26-3)9-10-18(16)27-19/h4-10,12H,1,11H2,2-3H3,(H,22,24)(H,23,25). The van der Waals surface area contributed by atoms with Gasteiger partial charge in [0, 0.05) is 17.5 Å². The number of furan rings is 1. The lowest BCUT2D eigenvalue weighted by molar-refractivity contribution is 0.0959. The maximum Gasteiger partial charge on any atom is 0.291 e. The molecule has 0 bridgehead atoms. The molecule has 0 aliphatic rings. The largest absolute Gasteiger partial charge is 0.497 e. The Hall–Kier alpha value is -3.54. The Kier molecular flexibility index (Phi) is 5.26. The summed E-state index contributed by atoms with van der Waals surface area (Å²) in [6.45, 7) is 5.72. The smallest absolute Gasteiger partial charge is 0.291 e. The van der Waals surface area contributed by atoms with Gasteiger partial charge in [-0.1, -0.05) is 18.2 Å². The van der Waals surface area contributed by atoms with Crippen molar-refractivity contribution in [1.82, 2.24) is 5.32 Å². The average Bonchev–Trinajstić information content (AvgIpc) is 3.02. The molecular formula is C21H20N2O4. The van der Waals surface area contributed by atoms with Crippen LogP contribution in [0.2, 0.25) is 0 Å². The third kappa shape index (κ3) is 3.69. The van der Waals surface area contributed by atoms with Crippen LogP contribution in [0.4, 0.5) is 5.69 Å². The normalized spacial score (nSPS) is 10.4. The molecule has 6 nitrogen and oxygen atoms in total. The van der Waals surface area contributed by atoms with Crippen LogP contribution in [0, 0.1) is 6.92 Å². The number of hydrogen-bond acceptors (Lipinski definition) is 4. The summed E-state index contributed by atoms with van der Waals surface area (Å²) >= 11 is 0. The number of fused-ring (bicyclic) bond motifs is 1. The molecule has 27 heavy (non-hydrogen) atoms. The molecule has 138 valence electrons. The summed E-state index contributed by atoms with van der Waals surface area (Å²) in [4.78, 5) is 25.0. The van der Waals surface area contributed by atoms with E-state index in [0.29, 0.717) is 34.7 Å². The molecule has 2 aromatic carbocycles. The third-order valence-electron chi connectivity index (χ3n) is 4.18. The van der Waals surface area contributed by atoms with E-state index in [4.69, 9.17) is 9.15 Å². The van der Waals surface area contributed by atoms with E-state index >= 15 is 0 Å². The van der Waals surface area contributed by atoms with Gasteiger partial charge in [0.15, 0.2) is 5.76 Å². The molecule has 1 heterocycles. The number of anilines is 1. The SMILES string of the molecule is C=CCNC(=O)c1ccccc1NC(=O)c1oc2ccc(OC)cc2c1C. The molecule has 3 rings (SSSR count). The number of para-hydroxylation sites is 1. The summed E-state index contributed by atoms with van der Waals surface area (Å²) in [5.74, 6) is 0.158. The Morgan fingerprint density at radius 3 is 2.70 bits per heavy atom. The first-order valence-corrected chi connectivity index (χ1v) is 8.41. The Labute approximate surface area is 156 Å². The van der Waals surface area contributed by atoms with Gasteiger partial charge in [-0.05, 0) is 37.3 Å². The highest BCUT2D eigenvalue weighted by atomic mass is 16.5. The highest BCUT2D eigenvalue weighted by Gasteiger charge is 2.20. The van der Waals surface area contributed by atoms with E-state index in [-0.39, 0.29) is 11.7 Å². The van der Waals surface area contributed by atoms with E-state index < -0.39 is 5.91 Å². The highest BCUT2D eigenvalue weighted by Crippen LogP contribution is 2.29. The molecule has 0 saturated heterocycles. The van der Waals surface area contributed by atoms with Gasteiger partial charge in [-0.25, -0.2) is 0 Å². The first-order chi connectivity index (χ1) is 13.0. The van der Waals surface area contributed by atoms with Crippen LogP contribution < -0.4 is 15.4 Å². The van der Waals surface area contributed by atoms with E-state index in [9.17, 15) is 9.59 Å². The minimum atomic E-state index is -0.424. The molecule has 0 radical (unpaired) electrons. The van der Waals surface area contributed by atoms with Crippen molar-refractivity contribution in [3.8, 4) is 5.75 Å². The van der Waals surface area contributed by atoms with Gasteiger partial charge < -0.3 is 19.8 Å². The maximum atomic E-state index is 12.8. The lowest BCUT2D eigenvalue weighted by atomic mass is 10.1. The quantitative estimate of drug-likeness (QED) is 0.650. The van der Waals surface area contributed by atoms with Crippen LogP contribution in [-0.4, -0.2) is 25.5 Å². The van der Waals surface area contributed by atoms with Crippen LogP contribution in [0.5, 0.6) is 5.75 Å². The Morgan fingerprint density at radius 2 is 1.96 bits per heavy atom. The third-order valence-corrected chi connectivity index (χ3v) is 4.18. The van der Waals surface area contributed by atoms with E-state index in [1.165, 1.54) is 0 Å². The van der Waals surface area contributed by atoms with E-state index in [2.05, 4.69) is 17.2 Å². The van der Waals surface area contributed by atoms with Gasteiger partial charge in [0.25, 0.3) is 11.8 Å². The Bertz CT molecular complexity index is 1020. The van der Waals surface area contributed by atoms with Gasteiger partial charge in [-0.15, -0.1) is 6.58 Å². The van der Waals surface area contributed by atoms with Crippen LogP contribution in [0.3, 0.4) is 0 Å². The van der Waals surface area contributed by atoms with Crippen molar-refractivity contribution in [2.45, 2.75) is 6.92 Å². The van der Waals surface area contributed by atoms with Gasteiger partial charge >= 0.3 is 0 Å². The van der Waals surface area contributed by atoms with Gasteiger partial charge in [0.1, 0.15) is 11.3 Å². The second-order valence-corrected chi connectivity index (χ2v) is 5.92. The fourth-order valence-electron chi connectivity index (χ4n) is 2.77. The molecule has 0 aliphatic carbocycles. The number of methoxy groups -OCH3 is 1. The number of benzene rings is 2. The van der Waals surface area contributed by atoms with E-state index in [1.807, 2.05) is 13.0 Å². The zero-order valence-electron chi connectivity index (χ0n) is 15.2. The van der Waals surface area contributed by atoms with Gasteiger partial charge in [0.2, 0.25) is 0 Å². The molecule has 0 fully saturated rings. The number of nitrogens with one attached hydrogen (secondary N) is 2. The number of ether oxygens (including phenoxy) is 1. The van der Waals surface area contributed by atoms with Crippen LogP contribution >= 0.6 is 0 Å². The predicted molar refractivity (Wildman–Crippen MR) is 104 cm³/mol. The molecule has 6 heteroatoms. The molecule has 2 amide bonds. The van der Waals surface area contributed by atoms with E-state index in [1.54, 1.807) is 49.6 Å². The fraction of sp³-hybridized carbons (Fsp3) is 0.143. The Balaban J connectivity index is 1.90. The van der Waals surface area contributed by atoms with E-state index in [0.717, 1.165) is 5.39 Å². The summed E-state index contributed by atoms with van der Waals surface area (Å²) in [5.41, 5.74) is 2.06. The van der Waals surface area contributed by atoms with Crippen LogP contribution in [0.15, 0.2) is 59.5 Å². The minimum Gasteiger partial charge on any atom is -0.497 e. The molecule has 3 aromatic rings. The number of carbonyl (C=O) groups excluding carboxylic acids is 2. The van der Waals surface area contributed by atoms with Gasteiger partial charge in [-0.3, -0.25) is 9.59 Å². The fourth-order valence-corrected chi connectivity index (χ4v) is 2.77. The van der Waals surface area contributed by atoms with Crippen molar-refractivity contribution in [3.63, 3.8) is 0 Å². The number of carbonyl (C=O) groups is 2. The highest BCUT2D eigenvalue weighted by molar-refractivity contribution is 6.10. The number of amides is 2. The van der Waals surface area contributed by atoms with Crippen molar-refractivity contribution in [2.75, 3.05) is 19.0 Å². The molecule has 0 unspecified atom stereocenters. The first-order valence-electron chi connectivity index (χ1n) is 8.41. The first kappa shape index (κ1) is 18.3. The van der Waals surface area contributed by atoms with Crippen LogP contribution in [-0.2, 0) is 0 Å². The average molecular weight is 364 g/mol. The lowest BCUT2D eigenvalue weighted by Gasteiger charge is -2.10. The van der Waals surface area contributed by atoms with Crippen LogP contribution in [0.25, 0.3) is 11.0 Å². The van der Waals surface area contributed by atoms with Crippen molar-refractivity contribution in [3.05, 3.63) is 72.0 Å². The van der Waals surface area contributed by atoms with Crippen LogP contribution in [0.1, 0.15) is 26.5 Å². The summed E-state index contributed by atoms with van der Waals surface area (Å²) < 4.78 is 10.9. The molecule has 0 aliphatic heterocycles. The number of rotatable bonds is 6. The minimum absolute atomic E-state index is 0.194. The second-order valence-electron chi connectivity index (χ2n) is 5.92. The van der Waals surface area contributed by atoms with Gasteiger partial charge in [-0.2, -0.15) is 0 Å². The maximum absolute atomic E-state index is 12.8.